The fraction of sp³-hybridized carbons (Fsp3) is 0.514. The minimum atomic E-state index is -0.140. The first kappa shape index (κ1) is 32.6. The Kier molecular flexibility index (Phi) is 13.4. The van der Waals surface area contributed by atoms with E-state index < -0.39 is 0 Å². The molecule has 0 radical (unpaired) electrons. The highest BCUT2D eigenvalue weighted by Gasteiger charge is 2.20. The van der Waals surface area contributed by atoms with Gasteiger partial charge in [0.05, 0.1) is 24.6 Å². The van der Waals surface area contributed by atoms with Crippen LogP contribution in [0.1, 0.15) is 85.4 Å². The first-order chi connectivity index (χ1) is 21.1. The highest BCUT2D eigenvalue weighted by Crippen LogP contribution is 2.26. The van der Waals surface area contributed by atoms with Gasteiger partial charge < -0.3 is 25.0 Å². The smallest absolute Gasteiger partial charge is 0.255 e. The molecule has 0 bridgehead atoms. The van der Waals surface area contributed by atoms with Gasteiger partial charge in [-0.1, -0.05) is 44.4 Å². The van der Waals surface area contributed by atoms with Gasteiger partial charge in [-0.25, -0.2) is 9.97 Å². The Morgan fingerprint density at radius 2 is 1.98 bits per heavy atom. The summed E-state index contributed by atoms with van der Waals surface area (Å²) < 4.78 is 11.0. The molecule has 0 saturated carbocycles. The standard InChI is InChI=1S/C35H49N5O3/c1-4-6-7-8-19-40(3)30-15-10-16-33(31(24-30)34-37-26-29-25-36-18-17-32(29)38-34)39-35(41)28-14-9-12-27(23-28)13-11-20-43-22-21-42-5-2/h9-10,12,14,16,23-24,26,36H,4-8,11,13,15,17-22,25H2,1-3H3,(H,39,41). The zero-order chi connectivity index (χ0) is 30.3. The maximum Gasteiger partial charge on any atom is 0.255 e. The van der Waals surface area contributed by atoms with Crippen molar-refractivity contribution in [1.29, 1.82) is 0 Å². The molecule has 43 heavy (non-hydrogen) atoms. The summed E-state index contributed by atoms with van der Waals surface area (Å²) in [6.45, 7) is 9.52. The normalized spacial score (nSPS) is 14.7. The van der Waals surface area contributed by atoms with Gasteiger partial charge in [0.2, 0.25) is 0 Å². The van der Waals surface area contributed by atoms with Gasteiger partial charge in [0.25, 0.3) is 5.91 Å². The summed E-state index contributed by atoms with van der Waals surface area (Å²) in [5.74, 6) is 0.511. The molecule has 8 heteroatoms. The molecular weight excluding hydrogens is 538 g/mol. The average Bonchev–Trinajstić information content (AvgIpc) is 3.25. The third-order valence-corrected chi connectivity index (χ3v) is 7.87. The molecule has 2 N–H and O–H groups in total. The maximum atomic E-state index is 13.6. The van der Waals surface area contributed by atoms with Crippen LogP contribution in [0.2, 0.25) is 0 Å². The maximum absolute atomic E-state index is 13.6. The van der Waals surface area contributed by atoms with Crippen molar-refractivity contribution in [3.8, 4) is 0 Å². The van der Waals surface area contributed by atoms with Crippen LogP contribution in [0, 0.1) is 0 Å². The lowest BCUT2D eigenvalue weighted by Crippen LogP contribution is -2.26. The summed E-state index contributed by atoms with van der Waals surface area (Å²) in [6.07, 6.45) is 16.5. The van der Waals surface area contributed by atoms with E-state index >= 15 is 0 Å². The molecule has 0 spiro atoms. The van der Waals surface area contributed by atoms with E-state index in [9.17, 15) is 4.79 Å². The molecule has 0 atom stereocenters. The molecule has 0 saturated heterocycles. The predicted octanol–water partition coefficient (Wildman–Crippen LogP) is 5.61. The number of benzene rings is 1. The van der Waals surface area contributed by atoms with E-state index in [-0.39, 0.29) is 5.91 Å². The quantitative estimate of drug-likeness (QED) is 0.233. The Bertz CT molecular complexity index is 1290. The zero-order valence-corrected chi connectivity index (χ0v) is 26.3. The Morgan fingerprint density at radius 3 is 2.84 bits per heavy atom. The number of nitrogens with zero attached hydrogens (tertiary/aromatic N) is 3. The third kappa shape index (κ3) is 10.1. The van der Waals surface area contributed by atoms with Gasteiger partial charge in [-0.2, -0.15) is 0 Å². The fourth-order valence-electron chi connectivity index (χ4n) is 5.34. The van der Waals surface area contributed by atoms with E-state index in [0.717, 1.165) is 79.8 Å². The lowest BCUT2D eigenvalue weighted by atomic mass is 10.1. The predicted molar refractivity (Wildman–Crippen MR) is 173 cm³/mol. The molecular formula is C35H49N5O3. The Labute approximate surface area is 257 Å². The number of rotatable bonds is 17. The van der Waals surface area contributed by atoms with E-state index in [4.69, 9.17) is 19.4 Å². The molecule has 1 aliphatic heterocycles. The monoisotopic (exact) mass is 587 g/mol. The lowest BCUT2D eigenvalue weighted by Gasteiger charge is -2.22. The Hall–Kier alpha value is -3.33. The summed E-state index contributed by atoms with van der Waals surface area (Å²) in [5, 5.41) is 6.60. The van der Waals surface area contributed by atoms with Crippen LogP contribution in [0.25, 0.3) is 5.57 Å². The first-order valence-corrected chi connectivity index (χ1v) is 16.0. The molecule has 2 aliphatic rings. The van der Waals surface area contributed by atoms with E-state index in [2.05, 4.69) is 47.7 Å². The number of hydrogen-bond donors (Lipinski definition) is 2. The van der Waals surface area contributed by atoms with Crippen LogP contribution >= 0.6 is 0 Å². The van der Waals surface area contributed by atoms with Gasteiger partial charge in [-0.05, 0) is 56.0 Å². The number of aryl methyl sites for hydroxylation is 1. The molecule has 8 nitrogen and oxygen atoms in total. The Morgan fingerprint density at radius 1 is 1.09 bits per heavy atom. The molecule has 2 heterocycles. The highest BCUT2D eigenvalue weighted by molar-refractivity contribution is 5.97. The molecule has 0 fully saturated rings. The average molecular weight is 588 g/mol. The minimum absolute atomic E-state index is 0.140. The van der Waals surface area contributed by atoms with E-state index in [1.807, 2.05) is 37.4 Å². The lowest BCUT2D eigenvalue weighted by molar-refractivity contribution is 0.0520. The second kappa shape index (κ2) is 17.7. The van der Waals surface area contributed by atoms with Gasteiger partial charge in [0, 0.05) is 81.3 Å². The number of ether oxygens (including phenoxy) is 2. The number of amides is 1. The number of carbonyl (C=O) groups excluding carboxylic acids is 1. The van der Waals surface area contributed by atoms with Crippen LogP contribution in [0.3, 0.4) is 0 Å². The summed E-state index contributed by atoms with van der Waals surface area (Å²) in [4.78, 5) is 25.7. The molecule has 1 aliphatic carbocycles. The number of allylic oxidation sites excluding steroid dienone is 4. The van der Waals surface area contributed by atoms with E-state index in [1.165, 1.54) is 25.0 Å². The number of unbranched alkanes of at least 4 members (excludes halogenated alkanes) is 3. The number of fused-ring (bicyclic) bond motifs is 1. The molecule has 2 aromatic rings. The van der Waals surface area contributed by atoms with Crippen molar-refractivity contribution >= 4 is 11.5 Å². The summed E-state index contributed by atoms with van der Waals surface area (Å²) >= 11 is 0. The van der Waals surface area contributed by atoms with Crippen LogP contribution in [-0.4, -0.2) is 67.3 Å². The van der Waals surface area contributed by atoms with Gasteiger partial charge >= 0.3 is 0 Å². The molecule has 4 rings (SSSR count). The number of hydrogen-bond acceptors (Lipinski definition) is 7. The van der Waals surface area contributed by atoms with Crippen LogP contribution < -0.4 is 10.6 Å². The molecule has 1 amide bonds. The summed E-state index contributed by atoms with van der Waals surface area (Å²) in [7, 11) is 2.15. The first-order valence-electron chi connectivity index (χ1n) is 16.0. The van der Waals surface area contributed by atoms with Crippen molar-refractivity contribution in [3.05, 3.63) is 88.3 Å². The Balaban J connectivity index is 1.52. The topological polar surface area (TPSA) is 88.6 Å². The van der Waals surface area contributed by atoms with Crippen molar-refractivity contribution in [3.63, 3.8) is 0 Å². The SMILES string of the molecule is CCCCCCN(C)C1=CC(c2ncc3c(n2)CCNC3)=C(NC(=O)c2cccc(CCCOCCOCC)c2)C=CC1. The van der Waals surface area contributed by atoms with Crippen molar-refractivity contribution in [1.82, 2.24) is 25.5 Å². The van der Waals surface area contributed by atoms with Crippen molar-refractivity contribution < 1.29 is 14.3 Å². The van der Waals surface area contributed by atoms with E-state index in [0.29, 0.717) is 37.8 Å². The van der Waals surface area contributed by atoms with Crippen LogP contribution in [0.15, 0.2) is 60.1 Å². The van der Waals surface area contributed by atoms with Gasteiger partial charge in [0.15, 0.2) is 5.82 Å². The fourth-order valence-corrected chi connectivity index (χ4v) is 5.34. The van der Waals surface area contributed by atoms with Gasteiger partial charge in [0.1, 0.15) is 0 Å². The largest absolute Gasteiger partial charge is 0.379 e. The van der Waals surface area contributed by atoms with Crippen molar-refractivity contribution in [2.45, 2.75) is 71.8 Å². The van der Waals surface area contributed by atoms with Crippen LogP contribution in [-0.2, 0) is 28.9 Å². The number of aromatic nitrogens is 2. The molecule has 1 aromatic carbocycles. The second-order valence-electron chi connectivity index (χ2n) is 11.2. The zero-order valence-electron chi connectivity index (χ0n) is 26.3. The molecule has 232 valence electrons. The summed E-state index contributed by atoms with van der Waals surface area (Å²) in [6, 6.07) is 7.86. The van der Waals surface area contributed by atoms with Crippen molar-refractivity contribution in [2.75, 3.05) is 46.6 Å². The third-order valence-electron chi connectivity index (χ3n) is 7.87. The van der Waals surface area contributed by atoms with E-state index in [1.54, 1.807) is 0 Å². The van der Waals surface area contributed by atoms with Crippen LogP contribution in [0.4, 0.5) is 0 Å². The van der Waals surface area contributed by atoms with Gasteiger partial charge in [-0.3, -0.25) is 4.79 Å². The molecule has 1 aromatic heterocycles. The van der Waals surface area contributed by atoms with Crippen LogP contribution in [0.5, 0.6) is 0 Å². The summed E-state index contributed by atoms with van der Waals surface area (Å²) in [5.41, 5.74) is 6.73. The molecule has 0 unspecified atom stereocenters. The van der Waals surface area contributed by atoms with Gasteiger partial charge in [-0.15, -0.1) is 0 Å². The number of carbonyl (C=O) groups is 1. The number of nitrogens with one attached hydrogen (secondary N) is 2. The second-order valence-corrected chi connectivity index (χ2v) is 11.2. The van der Waals surface area contributed by atoms with Crippen molar-refractivity contribution in [2.24, 2.45) is 0 Å². The highest BCUT2D eigenvalue weighted by atomic mass is 16.5. The minimum Gasteiger partial charge on any atom is -0.379 e.